The lowest BCUT2D eigenvalue weighted by atomic mass is 10.1. The highest BCUT2D eigenvalue weighted by Gasteiger charge is 2.24. The standard InChI is InChI=1S/C24H31FN4O/c1-15(2)29(16(3)4)11-10-26-22-9-7-19(12-17(22)5)27-14-21-20-8-6-18(25)13-23(20)28-24(21)30/h6-9,12-16,26-27H,10-11H2,1-5H3,(H,28,30). The Balaban J connectivity index is 1.64. The van der Waals surface area contributed by atoms with Crippen molar-refractivity contribution in [1.29, 1.82) is 0 Å². The topological polar surface area (TPSA) is 56.4 Å². The van der Waals surface area contributed by atoms with Gasteiger partial charge in [0, 0.05) is 48.3 Å². The first kappa shape index (κ1) is 21.8. The van der Waals surface area contributed by atoms with Crippen molar-refractivity contribution in [1.82, 2.24) is 4.90 Å². The third kappa shape index (κ3) is 5.00. The summed E-state index contributed by atoms with van der Waals surface area (Å²) in [6, 6.07) is 11.4. The second kappa shape index (κ2) is 9.30. The molecule has 2 aromatic carbocycles. The van der Waals surface area contributed by atoms with Gasteiger partial charge in [0.15, 0.2) is 0 Å². The van der Waals surface area contributed by atoms with E-state index in [0.717, 1.165) is 30.0 Å². The van der Waals surface area contributed by atoms with Gasteiger partial charge in [-0.2, -0.15) is 0 Å². The molecule has 160 valence electrons. The van der Waals surface area contributed by atoms with Gasteiger partial charge in [-0.3, -0.25) is 9.69 Å². The maximum Gasteiger partial charge on any atom is 0.257 e. The summed E-state index contributed by atoms with van der Waals surface area (Å²) in [6.45, 7) is 12.8. The zero-order chi connectivity index (χ0) is 21.8. The van der Waals surface area contributed by atoms with Crippen LogP contribution in [0.3, 0.4) is 0 Å². The van der Waals surface area contributed by atoms with E-state index in [-0.39, 0.29) is 11.7 Å². The average Bonchev–Trinajstić information content (AvgIpc) is 2.98. The summed E-state index contributed by atoms with van der Waals surface area (Å²) < 4.78 is 13.4. The molecular formula is C24H31FN4O. The smallest absolute Gasteiger partial charge is 0.257 e. The second-order valence-electron chi connectivity index (χ2n) is 8.23. The van der Waals surface area contributed by atoms with Crippen molar-refractivity contribution in [2.24, 2.45) is 0 Å². The molecule has 1 heterocycles. The SMILES string of the molecule is Cc1cc(NC=C2C(=O)Nc3cc(F)ccc32)ccc1NCCN(C(C)C)C(C)C. The van der Waals surface area contributed by atoms with E-state index in [9.17, 15) is 9.18 Å². The van der Waals surface area contributed by atoms with Gasteiger partial charge in [0.05, 0.1) is 11.3 Å². The van der Waals surface area contributed by atoms with E-state index in [1.54, 1.807) is 12.3 Å². The van der Waals surface area contributed by atoms with Crippen LogP contribution in [0.2, 0.25) is 0 Å². The Labute approximate surface area is 178 Å². The number of carbonyl (C=O) groups excluding carboxylic acids is 1. The number of hydrogen-bond acceptors (Lipinski definition) is 4. The van der Waals surface area contributed by atoms with Gasteiger partial charge in [0.2, 0.25) is 0 Å². The zero-order valence-corrected chi connectivity index (χ0v) is 18.3. The van der Waals surface area contributed by atoms with E-state index in [1.165, 1.54) is 12.1 Å². The monoisotopic (exact) mass is 410 g/mol. The molecule has 0 saturated carbocycles. The molecule has 0 atom stereocenters. The number of amides is 1. The number of aryl methyl sites for hydroxylation is 1. The maximum absolute atomic E-state index is 13.4. The number of rotatable bonds is 8. The Hall–Kier alpha value is -2.86. The molecule has 1 aliphatic rings. The van der Waals surface area contributed by atoms with Crippen molar-refractivity contribution < 1.29 is 9.18 Å². The molecule has 0 unspecified atom stereocenters. The van der Waals surface area contributed by atoms with Gasteiger partial charge >= 0.3 is 0 Å². The normalized spacial score (nSPS) is 14.6. The predicted molar refractivity (Wildman–Crippen MR) is 123 cm³/mol. The molecule has 0 radical (unpaired) electrons. The molecule has 0 bridgehead atoms. The zero-order valence-electron chi connectivity index (χ0n) is 18.3. The van der Waals surface area contributed by atoms with Gasteiger partial charge in [-0.15, -0.1) is 0 Å². The van der Waals surface area contributed by atoms with Crippen LogP contribution in [0.15, 0.2) is 42.6 Å². The molecule has 6 heteroatoms. The van der Waals surface area contributed by atoms with Gasteiger partial charge in [0.25, 0.3) is 5.91 Å². The lowest BCUT2D eigenvalue weighted by Crippen LogP contribution is -2.40. The van der Waals surface area contributed by atoms with E-state index in [0.29, 0.717) is 28.9 Å². The largest absolute Gasteiger partial charge is 0.384 e. The van der Waals surface area contributed by atoms with Gasteiger partial charge in [-0.25, -0.2) is 4.39 Å². The predicted octanol–water partition coefficient (Wildman–Crippen LogP) is 5.07. The minimum atomic E-state index is -0.369. The minimum Gasteiger partial charge on any atom is -0.384 e. The first-order chi connectivity index (χ1) is 14.3. The van der Waals surface area contributed by atoms with E-state index in [4.69, 9.17) is 0 Å². The highest BCUT2D eigenvalue weighted by molar-refractivity contribution is 6.31. The molecule has 5 nitrogen and oxygen atoms in total. The Morgan fingerprint density at radius 2 is 1.83 bits per heavy atom. The quantitative estimate of drug-likeness (QED) is 0.532. The van der Waals surface area contributed by atoms with Crippen molar-refractivity contribution in [3.63, 3.8) is 0 Å². The minimum absolute atomic E-state index is 0.238. The van der Waals surface area contributed by atoms with Crippen LogP contribution in [0.1, 0.15) is 38.8 Å². The summed E-state index contributed by atoms with van der Waals surface area (Å²) >= 11 is 0. The van der Waals surface area contributed by atoms with Crippen LogP contribution >= 0.6 is 0 Å². The van der Waals surface area contributed by atoms with Crippen LogP contribution in [0.4, 0.5) is 21.5 Å². The number of benzene rings is 2. The van der Waals surface area contributed by atoms with Crippen LogP contribution in [0.5, 0.6) is 0 Å². The Bertz CT molecular complexity index is 944. The highest BCUT2D eigenvalue weighted by atomic mass is 19.1. The number of nitrogens with zero attached hydrogens (tertiary/aromatic N) is 1. The molecule has 1 aliphatic heterocycles. The van der Waals surface area contributed by atoms with E-state index < -0.39 is 0 Å². The number of nitrogens with one attached hydrogen (secondary N) is 3. The lowest BCUT2D eigenvalue weighted by Gasteiger charge is -2.30. The fourth-order valence-electron chi connectivity index (χ4n) is 3.85. The summed E-state index contributed by atoms with van der Waals surface area (Å²) in [4.78, 5) is 14.7. The van der Waals surface area contributed by atoms with Gasteiger partial charge in [-0.1, -0.05) is 0 Å². The Morgan fingerprint density at radius 1 is 1.10 bits per heavy atom. The number of anilines is 3. The van der Waals surface area contributed by atoms with Crippen LogP contribution < -0.4 is 16.0 Å². The maximum atomic E-state index is 13.4. The first-order valence-corrected chi connectivity index (χ1v) is 10.4. The van der Waals surface area contributed by atoms with Gasteiger partial charge in [-0.05, 0) is 76.6 Å². The Morgan fingerprint density at radius 3 is 2.50 bits per heavy atom. The summed E-state index contributed by atoms with van der Waals surface area (Å²) in [7, 11) is 0. The number of halogens is 1. The summed E-state index contributed by atoms with van der Waals surface area (Å²) in [6.07, 6.45) is 1.67. The van der Waals surface area contributed by atoms with E-state index >= 15 is 0 Å². The molecule has 3 N–H and O–H groups in total. The molecule has 2 aromatic rings. The fraction of sp³-hybridized carbons (Fsp3) is 0.375. The van der Waals surface area contributed by atoms with Crippen LogP contribution in [0.25, 0.3) is 5.57 Å². The average molecular weight is 411 g/mol. The molecule has 1 amide bonds. The number of carbonyl (C=O) groups is 1. The van der Waals surface area contributed by atoms with Crippen molar-refractivity contribution in [3.05, 3.63) is 59.5 Å². The molecule has 0 spiro atoms. The van der Waals surface area contributed by atoms with Crippen LogP contribution in [-0.4, -0.2) is 36.0 Å². The van der Waals surface area contributed by atoms with Crippen molar-refractivity contribution in [2.45, 2.75) is 46.7 Å². The van der Waals surface area contributed by atoms with Gasteiger partial charge in [0.1, 0.15) is 5.82 Å². The summed E-state index contributed by atoms with van der Waals surface area (Å²) in [5, 5.41) is 9.40. The Kier molecular flexibility index (Phi) is 6.77. The van der Waals surface area contributed by atoms with E-state index in [1.807, 2.05) is 18.2 Å². The van der Waals surface area contributed by atoms with Gasteiger partial charge < -0.3 is 16.0 Å². The summed E-state index contributed by atoms with van der Waals surface area (Å²) in [5.41, 5.74) is 4.80. The molecule has 0 fully saturated rings. The molecule has 3 rings (SSSR count). The fourth-order valence-corrected chi connectivity index (χ4v) is 3.85. The van der Waals surface area contributed by atoms with Crippen LogP contribution in [0, 0.1) is 12.7 Å². The first-order valence-electron chi connectivity index (χ1n) is 10.4. The van der Waals surface area contributed by atoms with Crippen molar-refractivity contribution >= 4 is 28.5 Å². The molecule has 30 heavy (non-hydrogen) atoms. The third-order valence-electron chi connectivity index (χ3n) is 5.39. The molecular weight excluding hydrogens is 379 g/mol. The van der Waals surface area contributed by atoms with E-state index in [2.05, 4.69) is 55.5 Å². The highest BCUT2D eigenvalue weighted by Crippen LogP contribution is 2.32. The molecule has 0 saturated heterocycles. The summed E-state index contributed by atoms with van der Waals surface area (Å²) in [5.74, 6) is -0.607. The molecule has 0 aromatic heterocycles. The van der Waals surface area contributed by atoms with Crippen LogP contribution in [-0.2, 0) is 4.79 Å². The van der Waals surface area contributed by atoms with Crippen molar-refractivity contribution in [3.8, 4) is 0 Å². The second-order valence-corrected chi connectivity index (χ2v) is 8.23. The third-order valence-corrected chi connectivity index (χ3v) is 5.39. The molecule has 0 aliphatic carbocycles. The lowest BCUT2D eigenvalue weighted by molar-refractivity contribution is -0.110. The van der Waals surface area contributed by atoms with Crippen molar-refractivity contribution in [2.75, 3.05) is 29.0 Å². The number of fused-ring (bicyclic) bond motifs is 1. The number of hydrogen-bond donors (Lipinski definition) is 3.